The number of hydrogen-bond donors (Lipinski definition) is 2. The number of pyridine rings is 1. The van der Waals surface area contributed by atoms with Crippen molar-refractivity contribution >= 4 is 28.4 Å². The molecule has 0 radical (unpaired) electrons. The minimum absolute atomic E-state index is 0.160. The SMILES string of the molecule is Cc1cc(C)c(CNC(=O)Cn2ccc3ccc(Cl)cc32)c(=O)[nH]1. The van der Waals surface area contributed by atoms with Gasteiger partial charge in [0.2, 0.25) is 5.91 Å². The maximum atomic E-state index is 12.2. The summed E-state index contributed by atoms with van der Waals surface area (Å²) in [5.41, 5.74) is 3.00. The van der Waals surface area contributed by atoms with Crippen molar-refractivity contribution in [1.82, 2.24) is 14.9 Å². The number of halogens is 1. The van der Waals surface area contributed by atoms with E-state index in [2.05, 4.69) is 10.3 Å². The lowest BCUT2D eigenvalue weighted by Crippen LogP contribution is -2.30. The van der Waals surface area contributed by atoms with Crippen molar-refractivity contribution in [3.8, 4) is 0 Å². The fourth-order valence-corrected chi connectivity index (χ4v) is 2.96. The monoisotopic (exact) mass is 343 g/mol. The summed E-state index contributed by atoms with van der Waals surface area (Å²) in [5, 5.41) is 4.46. The van der Waals surface area contributed by atoms with Gasteiger partial charge in [0.05, 0.1) is 0 Å². The molecule has 0 saturated heterocycles. The van der Waals surface area contributed by atoms with Crippen LogP contribution in [-0.4, -0.2) is 15.5 Å². The molecule has 2 N–H and O–H groups in total. The van der Waals surface area contributed by atoms with Gasteiger partial charge in [-0.15, -0.1) is 0 Å². The Balaban J connectivity index is 1.72. The number of nitrogens with one attached hydrogen (secondary N) is 2. The third-order valence-corrected chi connectivity index (χ3v) is 4.24. The Morgan fingerprint density at radius 2 is 2.04 bits per heavy atom. The molecule has 0 unspecified atom stereocenters. The summed E-state index contributed by atoms with van der Waals surface area (Å²) >= 11 is 6.02. The van der Waals surface area contributed by atoms with E-state index in [1.165, 1.54) is 0 Å². The van der Waals surface area contributed by atoms with Crippen LogP contribution in [0.15, 0.2) is 41.3 Å². The van der Waals surface area contributed by atoms with E-state index in [1.807, 2.05) is 54.9 Å². The summed E-state index contributed by atoms with van der Waals surface area (Å²) in [4.78, 5) is 27.0. The largest absolute Gasteiger partial charge is 0.350 e. The summed E-state index contributed by atoms with van der Waals surface area (Å²) in [6, 6.07) is 9.40. The number of rotatable bonds is 4. The molecule has 0 spiro atoms. The first-order valence-electron chi connectivity index (χ1n) is 7.64. The first-order chi connectivity index (χ1) is 11.4. The highest BCUT2D eigenvalue weighted by Gasteiger charge is 2.09. The Labute approximate surface area is 144 Å². The van der Waals surface area contributed by atoms with E-state index in [9.17, 15) is 9.59 Å². The van der Waals surface area contributed by atoms with Crippen LogP contribution in [0.4, 0.5) is 0 Å². The molecule has 5 nitrogen and oxygen atoms in total. The number of carbonyl (C=O) groups excluding carboxylic acids is 1. The summed E-state index contributed by atoms with van der Waals surface area (Å²) in [6.45, 7) is 4.08. The number of aromatic nitrogens is 2. The highest BCUT2D eigenvalue weighted by Crippen LogP contribution is 2.20. The molecule has 3 aromatic rings. The predicted octanol–water partition coefficient (Wildman–Crippen LogP) is 2.92. The van der Waals surface area contributed by atoms with Gasteiger partial charge in [-0.25, -0.2) is 0 Å². The second kappa shape index (κ2) is 6.53. The molecule has 0 atom stereocenters. The zero-order valence-corrected chi connectivity index (χ0v) is 14.3. The Morgan fingerprint density at radius 1 is 1.25 bits per heavy atom. The number of aryl methyl sites for hydroxylation is 2. The van der Waals surface area contributed by atoms with Crippen LogP contribution in [0.25, 0.3) is 10.9 Å². The van der Waals surface area contributed by atoms with Crippen molar-refractivity contribution in [2.24, 2.45) is 0 Å². The Morgan fingerprint density at radius 3 is 2.79 bits per heavy atom. The van der Waals surface area contributed by atoms with Crippen molar-refractivity contribution in [2.75, 3.05) is 0 Å². The van der Waals surface area contributed by atoms with Crippen LogP contribution in [0.3, 0.4) is 0 Å². The number of fused-ring (bicyclic) bond motifs is 1. The second-order valence-electron chi connectivity index (χ2n) is 5.87. The minimum atomic E-state index is -0.161. The van der Waals surface area contributed by atoms with Crippen LogP contribution in [-0.2, 0) is 17.9 Å². The third-order valence-electron chi connectivity index (χ3n) is 4.01. The molecule has 1 amide bonds. The van der Waals surface area contributed by atoms with E-state index < -0.39 is 0 Å². The van der Waals surface area contributed by atoms with Crippen molar-refractivity contribution in [3.63, 3.8) is 0 Å². The summed E-state index contributed by atoms with van der Waals surface area (Å²) in [7, 11) is 0. The van der Waals surface area contributed by atoms with E-state index in [1.54, 1.807) is 0 Å². The van der Waals surface area contributed by atoms with Gasteiger partial charge in [-0.1, -0.05) is 17.7 Å². The van der Waals surface area contributed by atoms with Crippen LogP contribution in [0.5, 0.6) is 0 Å². The molecule has 1 aromatic carbocycles. The minimum Gasteiger partial charge on any atom is -0.350 e. The third kappa shape index (κ3) is 3.36. The summed E-state index contributed by atoms with van der Waals surface area (Å²) in [6.07, 6.45) is 1.85. The Bertz CT molecular complexity index is 972. The smallest absolute Gasteiger partial charge is 0.253 e. The normalized spacial score (nSPS) is 11.0. The highest BCUT2D eigenvalue weighted by molar-refractivity contribution is 6.31. The first-order valence-corrected chi connectivity index (χ1v) is 8.02. The van der Waals surface area contributed by atoms with Crippen molar-refractivity contribution < 1.29 is 4.79 Å². The second-order valence-corrected chi connectivity index (χ2v) is 6.30. The van der Waals surface area contributed by atoms with Gasteiger partial charge in [0.1, 0.15) is 6.54 Å². The maximum absolute atomic E-state index is 12.2. The van der Waals surface area contributed by atoms with Crippen LogP contribution in [0, 0.1) is 13.8 Å². The lowest BCUT2D eigenvalue weighted by atomic mass is 10.1. The fourth-order valence-electron chi connectivity index (χ4n) is 2.79. The standard InChI is InChI=1S/C18H18ClN3O2/c1-11-7-12(2)21-18(24)15(11)9-20-17(23)10-22-6-5-13-3-4-14(19)8-16(13)22/h3-8H,9-10H2,1-2H3,(H,20,23)(H,21,24). The molecule has 0 bridgehead atoms. The molecule has 3 rings (SSSR count). The van der Waals surface area contributed by atoms with Gasteiger partial charge in [-0.2, -0.15) is 0 Å². The lowest BCUT2D eigenvalue weighted by molar-refractivity contribution is -0.121. The Kier molecular flexibility index (Phi) is 4.44. The topological polar surface area (TPSA) is 66.9 Å². The van der Waals surface area contributed by atoms with Gasteiger partial charge in [-0.05, 0) is 49.1 Å². The molecular formula is C18H18ClN3O2. The zero-order chi connectivity index (χ0) is 17.3. The van der Waals surface area contributed by atoms with Gasteiger partial charge < -0.3 is 14.9 Å². The number of amides is 1. The quantitative estimate of drug-likeness (QED) is 0.765. The van der Waals surface area contributed by atoms with E-state index in [4.69, 9.17) is 11.6 Å². The predicted molar refractivity (Wildman–Crippen MR) is 95.3 cm³/mol. The number of aromatic amines is 1. The highest BCUT2D eigenvalue weighted by atomic mass is 35.5. The summed E-state index contributed by atoms with van der Waals surface area (Å²) in [5.74, 6) is -0.160. The molecule has 0 fully saturated rings. The maximum Gasteiger partial charge on any atom is 0.253 e. The van der Waals surface area contributed by atoms with Crippen molar-refractivity contribution in [1.29, 1.82) is 0 Å². The van der Waals surface area contributed by atoms with Crippen LogP contribution in [0.1, 0.15) is 16.8 Å². The molecule has 6 heteroatoms. The molecule has 0 aliphatic rings. The van der Waals surface area contributed by atoms with E-state index >= 15 is 0 Å². The number of hydrogen-bond acceptors (Lipinski definition) is 2. The molecule has 0 saturated carbocycles. The van der Waals surface area contributed by atoms with Gasteiger partial charge in [0.15, 0.2) is 0 Å². The van der Waals surface area contributed by atoms with Crippen LogP contribution >= 0.6 is 11.6 Å². The van der Waals surface area contributed by atoms with E-state index in [0.29, 0.717) is 10.6 Å². The van der Waals surface area contributed by atoms with Crippen LogP contribution < -0.4 is 10.9 Å². The zero-order valence-electron chi connectivity index (χ0n) is 13.5. The van der Waals surface area contributed by atoms with Gasteiger partial charge in [-0.3, -0.25) is 9.59 Å². The fraction of sp³-hybridized carbons (Fsp3) is 0.222. The summed E-state index contributed by atoms with van der Waals surface area (Å²) < 4.78 is 1.84. The molecule has 0 aliphatic heterocycles. The van der Waals surface area contributed by atoms with Gasteiger partial charge in [0, 0.05) is 34.5 Å². The molecule has 2 heterocycles. The average molecular weight is 344 g/mol. The number of nitrogens with zero attached hydrogens (tertiary/aromatic N) is 1. The first kappa shape index (κ1) is 16.3. The van der Waals surface area contributed by atoms with Gasteiger partial charge in [0.25, 0.3) is 5.56 Å². The molecule has 2 aromatic heterocycles. The molecule has 124 valence electrons. The molecule has 0 aliphatic carbocycles. The average Bonchev–Trinajstić information content (AvgIpc) is 2.88. The van der Waals surface area contributed by atoms with Gasteiger partial charge >= 0.3 is 0 Å². The van der Waals surface area contributed by atoms with Crippen molar-refractivity contribution in [2.45, 2.75) is 26.9 Å². The Hall–Kier alpha value is -2.53. The molecule has 24 heavy (non-hydrogen) atoms. The number of H-pyrrole nitrogens is 1. The van der Waals surface area contributed by atoms with E-state index in [-0.39, 0.29) is 24.6 Å². The van der Waals surface area contributed by atoms with Crippen molar-refractivity contribution in [3.05, 3.63) is 68.7 Å². The molecular weight excluding hydrogens is 326 g/mol. The number of benzene rings is 1. The lowest BCUT2D eigenvalue weighted by Gasteiger charge is -2.09. The van der Waals surface area contributed by atoms with E-state index in [0.717, 1.165) is 22.2 Å². The van der Waals surface area contributed by atoms with Crippen LogP contribution in [0.2, 0.25) is 5.02 Å². The number of carbonyl (C=O) groups is 1.